The lowest BCUT2D eigenvalue weighted by molar-refractivity contribution is 0.232. The highest BCUT2D eigenvalue weighted by Gasteiger charge is 2.05. The van der Waals surface area contributed by atoms with E-state index in [4.69, 9.17) is 0 Å². The summed E-state index contributed by atoms with van der Waals surface area (Å²) in [5, 5.41) is 0. The monoisotopic (exact) mass is 186 g/mol. The molecule has 0 saturated heterocycles. The smallest absolute Gasteiger partial charge is 0.00612 e. The largest absolute Gasteiger partial charge is 0.307 e. The van der Waals surface area contributed by atoms with Crippen LogP contribution in [0.5, 0.6) is 0 Å². The minimum atomic E-state index is 0.729. The van der Waals surface area contributed by atoms with Crippen molar-refractivity contribution >= 4 is 0 Å². The van der Waals surface area contributed by atoms with E-state index in [1.165, 1.54) is 25.9 Å². The molecule has 2 heteroatoms. The Balaban J connectivity index is 3.41. The van der Waals surface area contributed by atoms with Crippen LogP contribution in [0.25, 0.3) is 0 Å². The number of rotatable bonds is 7. The molecule has 0 rings (SSSR count). The molecule has 0 aliphatic heterocycles. The second kappa shape index (κ2) is 7.34. The van der Waals surface area contributed by atoms with Gasteiger partial charge in [0.2, 0.25) is 0 Å². The molecule has 0 saturated carbocycles. The summed E-state index contributed by atoms with van der Waals surface area (Å²) < 4.78 is 0. The van der Waals surface area contributed by atoms with Crippen molar-refractivity contribution in [2.75, 3.05) is 33.7 Å². The van der Waals surface area contributed by atoms with Gasteiger partial charge in [-0.05, 0) is 53.5 Å². The first-order valence-electron chi connectivity index (χ1n) is 5.50. The molecule has 0 heterocycles. The predicted octanol–water partition coefficient (Wildman–Crippen LogP) is 2.06. The minimum absolute atomic E-state index is 0.729. The summed E-state index contributed by atoms with van der Waals surface area (Å²) in [5.74, 6) is 0. The average Bonchev–Trinajstić information content (AvgIpc) is 2.15. The zero-order valence-electron chi connectivity index (χ0n) is 10.0. The van der Waals surface area contributed by atoms with Crippen LogP contribution in [0.2, 0.25) is 0 Å². The molecular formula is C11H26N2. The molecule has 0 amide bonds. The fourth-order valence-corrected chi connectivity index (χ4v) is 1.28. The van der Waals surface area contributed by atoms with Crippen LogP contribution in [0.4, 0.5) is 0 Å². The molecule has 0 aromatic heterocycles. The molecule has 0 N–H and O–H groups in total. The number of hydrogen-bond donors (Lipinski definition) is 0. The van der Waals surface area contributed by atoms with Crippen LogP contribution in [-0.4, -0.2) is 49.6 Å². The highest BCUT2D eigenvalue weighted by atomic mass is 15.1. The van der Waals surface area contributed by atoms with E-state index in [2.05, 4.69) is 44.7 Å². The highest BCUT2D eigenvalue weighted by molar-refractivity contribution is 4.61. The maximum absolute atomic E-state index is 2.45. The molecule has 0 aromatic carbocycles. The fourth-order valence-electron chi connectivity index (χ4n) is 1.28. The van der Waals surface area contributed by atoms with Crippen molar-refractivity contribution in [2.45, 2.75) is 39.7 Å². The maximum atomic E-state index is 2.45. The van der Waals surface area contributed by atoms with Crippen LogP contribution in [0.15, 0.2) is 0 Å². The molecule has 0 radical (unpaired) electrons. The molecule has 0 aliphatic carbocycles. The van der Waals surface area contributed by atoms with Gasteiger partial charge in [-0.2, -0.15) is 0 Å². The first-order valence-corrected chi connectivity index (χ1v) is 5.50. The number of nitrogens with zero attached hydrogens (tertiary/aromatic N) is 2. The maximum Gasteiger partial charge on any atom is 0.00612 e. The van der Waals surface area contributed by atoms with Crippen molar-refractivity contribution < 1.29 is 0 Å². The molecule has 1 unspecified atom stereocenters. The van der Waals surface area contributed by atoms with E-state index in [1.54, 1.807) is 0 Å². The van der Waals surface area contributed by atoms with Crippen molar-refractivity contribution in [1.82, 2.24) is 9.80 Å². The van der Waals surface area contributed by atoms with Gasteiger partial charge in [-0.25, -0.2) is 0 Å². The Labute approximate surface area is 83.9 Å². The van der Waals surface area contributed by atoms with E-state index >= 15 is 0 Å². The van der Waals surface area contributed by atoms with Crippen LogP contribution in [0.1, 0.15) is 33.6 Å². The van der Waals surface area contributed by atoms with Crippen molar-refractivity contribution in [2.24, 2.45) is 0 Å². The molecular weight excluding hydrogens is 160 g/mol. The quantitative estimate of drug-likeness (QED) is 0.600. The summed E-state index contributed by atoms with van der Waals surface area (Å²) in [6.45, 7) is 10.4. The third-order valence-electron chi connectivity index (χ3n) is 2.93. The van der Waals surface area contributed by atoms with Gasteiger partial charge in [-0.1, -0.05) is 13.8 Å². The van der Waals surface area contributed by atoms with Gasteiger partial charge in [-0.3, -0.25) is 0 Å². The lowest BCUT2D eigenvalue weighted by atomic mass is 10.2. The highest BCUT2D eigenvalue weighted by Crippen LogP contribution is 2.00. The van der Waals surface area contributed by atoms with Gasteiger partial charge < -0.3 is 9.80 Å². The van der Waals surface area contributed by atoms with Crippen LogP contribution >= 0.6 is 0 Å². The molecule has 1 atom stereocenters. The van der Waals surface area contributed by atoms with Gasteiger partial charge in [0.1, 0.15) is 0 Å². The molecule has 80 valence electrons. The van der Waals surface area contributed by atoms with Crippen LogP contribution in [-0.2, 0) is 0 Å². The molecule has 0 fully saturated rings. The third kappa shape index (κ3) is 6.05. The third-order valence-corrected chi connectivity index (χ3v) is 2.93. The summed E-state index contributed by atoms with van der Waals surface area (Å²) in [4.78, 5) is 4.81. The van der Waals surface area contributed by atoms with Crippen molar-refractivity contribution in [3.8, 4) is 0 Å². The van der Waals surface area contributed by atoms with Crippen LogP contribution in [0, 0.1) is 0 Å². The SMILES string of the molecule is CCC(C)N(C)CCCN(C)CC. The topological polar surface area (TPSA) is 6.48 Å². The fraction of sp³-hybridized carbons (Fsp3) is 1.00. The summed E-state index contributed by atoms with van der Waals surface area (Å²) in [6, 6.07) is 0.729. The van der Waals surface area contributed by atoms with E-state index in [0.717, 1.165) is 12.6 Å². The zero-order valence-corrected chi connectivity index (χ0v) is 10.0. The molecule has 2 nitrogen and oxygen atoms in total. The first-order chi connectivity index (χ1) is 6.11. The second-order valence-electron chi connectivity index (χ2n) is 3.99. The summed E-state index contributed by atoms with van der Waals surface area (Å²) in [5.41, 5.74) is 0. The van der Waals surface area contributed by atoms with Gasteiger partial charge in [0.05, 0.1) is 0 Å². The predicted molar refractivity (Wildman–Crippen MR) is 60.2 cm³/mol. The Bertz CT molecular complexity index is 115. The summed E-state index contributed by atoms with van der Waals surface area (Å²) >= 11 is 0. The molecule has 0 aromatic rings. The lowest BCUT2D eigenvalue weighted by Crippen LogP contribution is -2.31. The van der Waals surface area contributed by atoms with E-state index in [1.807, 2.05) is 0 Å². The summed E-state index contributed by atoms with van der Waals surface area (Å²) in [6.07, 6.45) is 2.53. The van der Waals surface area contributed by atoms with E-state index in [-0.39, 0.29) is 0 Å². The Morgan fingerprint density at radius 3 is 2.15 bits per heavy atom. The second-order valence-corrected chi connectivity index (χ2v) is 3.99. The minimum Gasteiger partial charge on any atom is -0.307 e. The molecule has 0 aliphatic rings. The van der Waals surface area contributed by atoms with E-state index < -0.39 is 0 Å². The Morgan fingerprint density at radius 1 is 1.08 bits per heavy atom. The van der Waals surface area contributed by atoms with Gasteiger partial charge in [0.15, 0.2) is 0 Å². The van der Waals surface area contributed by atoms with Crippen LogP contribution in [0.3, 0.4) is 0 Å². The number of hydrogen-bond acceptors (Lipinski definition) is 2. The molecule has 0 spiro atoms. The Kier molecular flexibility index (Phi) is 7.29. The van der Waals surface area contributed by atoms with Gasteiger partial charge in [-0.15, -0.1) is 0 Å². The van der Waals surface area contributed by atoms with Crippen molar-refractivity contribution in [3.05, 3.63) is 0 Å². The Morgan fingerprint density at radius 2 is 1.69 bits per heavy atom. The standard InChI is InChI=1S/C11H26N2/c1-6-11(3)13(5)10-8-9-12(4)7-2/h11H,6-10H2,1-5H3. The van der Waals surface area contributed by atoms with Crippen molar-refractivity contribution in [3.63, 3.8) is 0 Å². The normalized spacial score (nSPS) is 14.1. The summed E-state index contributed by atoms with van der Waals surface area (Å²) in [7, 11) is 4.41. The first kappa shape index (κ1) is 12.9. The van der Waals surface area contributed by atoms with Gasteiger partial charge >= 0.3 is 0 Å². The lowest BCUT2D eigenvalue weighted by Gasteiger charge is -2.24. The van der Waals surface area contributed by atoms with E-state index in [9.17, 15) is 0 Å². The van der Waals surface area contributed by atoms with Crippen LogP contribution < -0.4 is 0 Å². The average molecular weight is 186 g/mol. The van der Waals surface area contributed by atoms with E-state index in [0.29, 0.717) is 0 Å². The van der Waals surface area contributed by atoms with Gasteiger partial charge in [0.25, 0.3) is 0 Å². The molecule has 13 heavy (non-hydrogen) atoms. The van der Waals surface area contributed by atoms with Gasteiger partial charge in [0, 0.05) is 6.04 Å². The zero-order chi connectivity index (χ0) is 10.3. The van der Waals surface area contributed by atoms with Crippen molar-refractivity contribution in [1.29, 1.82) is 0 Å². The molecule has 0 bridgehead atoms. The Hall–Kier alpha value is -0.0800.